The summed E-state index contributed by atoms with van der Waals surface area (Å²) in [6, 6.07) is 9.21. The van der Waals surface area contributed by atoms with E-state index in [0.29, 0.717) is 0 Å². The van der Waals surface area contributed by atoms with Crippen molar-refractivity contribution in [2.75, 3.05) is 11.9 Å². The van der Waals surface area contributed by atoms with Gasteiger partial charge >= 0.3 is 5.97 Å². The molecule has 1 amide bonds. The van der Waals surface area contributed by atoms with Crippen molar-refractivity contribution in [3.05, 3.63) is 30.3 Å². The average molecular weight is 263 g/mol. The standard InChI is InChI=1S/C15H21NO3/c1-11(2)15(3,14(18)19)10-13(17)16(4)12-8-6-5-7-9-12/h5-9,11H,10H2,1-4H3,(H,18,19). The highest BCUT2D eigenvalue weighted by Crippen LogP contribution is 2.32. The molecule has 19 heavy (non-hydrogen) atoms. The summed E-state index contributed by atoms with van der Waals surface area (Å²) in [5.74, 6) is -1.24. The van der Waals surface area contributed by atoms with Crippen LogP contribution in [0.3, 0.4) is 0 Å². The molecule has 4 heteroatoms. The first-order valence-electron chi connectivity index (χ1n) is 6.34. The third-order valence-electron chi connectivity index (χ3n) is 3.80. The van der Waals surface area contributed by atoms with Gasteiger partial charge in [0, 0.05) is 19.2 Å². The lowest BCUT2D eigenvalue weighted by atomic mass is 9.76. The average Bonchev–Trinajstić information content (AvgIpc) is 2.38. The summed E-state index contributed by atoms with van der Waals surface area (Å²) in [7, 11) is 1.67. The van der Waals surface area contributed by atoms with Gasteiger partial charge in [0.25, 0.3) is 0 Å². The molecule has 0 saturated carbocycles. The summed E-state index contributed by atoms with van der Waals surface area (Å²) in [5.41, 5.74) is -0.274. The minimum atomic E-state index is -1.04. The van der Waals surface area contributed by atoms with Gasteiger partial charge in [-0.2, -0.15) is 0 Å². The molecule has 4 nitrogen and oxygen atoms in total. The van der Waals surface area contributed by atoms with E-state index >= 15 is 0 Å². The van der Waals surface area contributed by atoms with Crippen molar-refractivity contribution in [2.24, 2.45) is 11.3 Å². The van der Waals surface area contributed by atoms with E-state index in [1.807, 2.05) is 44.2 Å². The molecule has 1 aromatic carbocycles. The SMILES string of the molecule is CC(C)C(C)(CC(=O)N(C)c1ccccc1)C(=O)O. The number of para-hydroxylation sites is 1. The molecule has 0 aliphatic heterocycles. The summed E-state index contributed by atoms with van der Waals surface area (Å²) < 4.78 is 0. The van der Waals surface area contributed by atoms with Crippen LogP contribution in [0.25, 0.3) is 0 Å². The van der Waals surface area contributed by atoms with Crippen LogP contribution < -0.4 is 4.90 Å². The number of benzene rings is 1. The molecule has 0 fully saturated rings. The van der Waals surface area contributed by atoms with Crippen LogP contribution in [0.5, 0.6) is 0 Å². The molecular weight excluding hydrogens is 242 g/mol. The number of amides is 1. The monoisotopic (exact) mass is 263 g/mol. The smallest absolute Gasteiger partial charge is 0.310 e. The first kappa shape index (κ1) is 15.2. The topological polar surface area (TPSA) is 57.6 Å². The van der Waals surface area contributed by atoms with Gasteiger partial charge in [-0.25, -0.2) is 0 Å². The number of carbonyl (C=O) groups excluding carboxylic acids is 1. The summed E-state index contributed by atoms with van der Waals surface area (Å²) in [6.45, 7) is 5.27. The summed E-state index contributed by atoms with van der Waals surface area (Å²) in [6.07, 6.45) is -0.00854. The largest absolute Gasteiger partial charge is 0.481 e. The van der Waals surface area contributed by atoms with Crippen molar-refractivity contribution in [1.29, 1.82) is 0 Å². The fourth-order valence-corrected chi connectivity index (χ4v) is 1.76. The highest BCUT2D eigenvalue weighted by molar-refractivity contribution is 5.95. The second-order valence-corrected chi connectivity index (χ2v) is 5.34. The Balaban J connectivity index is 2.87. The first-order valence-corrected chi connectivity index (χ1v) is 6.34. The van der Waals surface area contributed by atoms with Crippen LogP contribution in [0.2, 0.25) is 0 Å². The predicted molar refractivity (Wildman–Crippen MR) is 75.0 cm³/mol. The molecule has 1 N–H and O–H groups in total. The number of aliphatic carboxylic acids is 1. The Morgan fingerprint density at radius 3 is 2.21 bits per heavy atom. The number of nitrogens with zero attached hydrogens (tertiary/aromatic N) is 1. The van der Waals surface area contributed by atoms with E-state index in [0.717, 1.165) is 5.69 Å². The van der Waals surface area contributed by atoms with Crippen LogP contribution in [0.15, 0.2) is 30.3 Å². The van der Waals surface area contributed by atoms with Gasteiger partial charge in [-0.1, -0.05) is 32.0 Å². The number of carboxylic acid groups (broad SMARTS) is 1. The van der Waals surface area contributed by atoms with Crippen LogP contribution in [0, 0.1) is 11.3 Å². The maximum atomic E-state index is 12.2. The van der Waals surface area contributed by atoms with Crippen LogP contribution in [-0.2, 0) is 9.59 Å². The number of hydrogen-bond acceptors (Lipinski definition) is 2. The fraction of sp³-hybridized carbons (Fsp3) is 0.467. The maximum Gasteiger partial charge on any atom is 0.310 e. The Morgan fingerprint density at radius 2 is 1.79 bits per heavy atom. The van der Waals surface area contributed by atoms with E-state index in [-0.39, 0.29) is 18.2 Å². The number of hydrogen-bond donors (Lipinski definition) is 1. The second kappa shape index (κ2) is 5.87. The molecule has 1 rings (SSSR count). The molecule has 0 aliphatic rings. The molecular formula is C15H21NO3. The molecule has 0 aromatic heterocycles. The molecule has 1 unspecified atom stereocenters. The Labute approximate surface area is 114 Å². The quantitative estimate of drug-likeness (QED) is 0.888. The van der Waals surface area contributed by atoms with Crippen molar-refractivity contribution in [2.45, 2.75) is 27.2 Å². The summed E-state index contributed by atoms with van der Waals surface area (Å²) in [5, 5.41) is 9.33. The third kappa shape index (κ3) is 3.34. The highest BCUT2D eigenvalue weighted by atomic mass is 16.4. The second-order valence-electron chi connectivity index (χ2n) is 5.34. The van der Waals surface area contributed by atoms with Gasteiger partial charge in [0.2, 0.25) is 5.91 Å². The lowest BCUT2D eigenvalue weighted by Crippen LogP contribution is -2.39. The van der Waals surface area contributed by atoms with Crippen molar-refractivity contribution >= 4 is 17.6 Å². The van der Waals surface area contributed by atoms with E-state index in [9.17, 15) is 14.7 Å². The van der Waals surface area contributed by atoms with E-state index in [1.165, 1.54) is 4.90 Å². The van der Waals surface area contributed by atoms with Crippen molar-refractivity contribution in [3.8, 4) is 0 Å². The van der Waals surface area contributed by atoms with Crippen LogP contribution in [0.4, 0.5) is 5.69 Å². The molecule has 1 aromatic rings. The molecule has 0 bridgehead atoms. The fourth-order valence-electron chi connectivity index (χ4n) is 1.76. The zero-order valence-corrected chi connectivity index (χ0v) is 11.9. The van der Waals surface area contributed by atoms with Gasteiger partial charge in [0.05, 0.1) is 5.41 Å². The van der Waals surface area contributed by atoms with Crippen LogP contribution >= 0.6 is 0 Å². The Morgan fingerprint density at radius 1 is 1.26 bits per heavy atom. The lowest BCUT2D eigenvalue weighted by Gasteiger charge is -2.30. The van der Waals surface area contributed by atoms with Crippen LogP contribution in [0.1, 0.15) is 27.2 Å². The zero-order chi connectivity index (χ0) is 14.6. The van der Waals surface area contributed by atoms with E-state index in [2.05, 4.69) is 0 Å². The van der Waals surface area contributed by atoms with Gasteiger partial charge in [0.1, 0.15) is 0 Å². The Kier molecular flexibility index (Phi) is 4.70. The first-order chi connectivity index (χ1) is 8.79. The van der Waals surface area contributed by atoms with Crippen molar-refractivity contribution in [1.82, 2.24) is 0 Å². The highest BCUT2D eigenvalue weighted by Gasteiger charge is 2.39. The molecule has 0 heterocycles. The minimum absolute atomic E-state index is 0.00854. The summed E-state index contributed by atoms with van der Waals surface area (Å²) in [4.78, 5) is 25.1. The number of rotatable bonds is 5. The maximum absolute atomic E-state index is 12.2. The lowest BCUT2D eigenvalue weighted by molar-refractivity contribution is -0.153. The van der Waals surface area contributed by atoms with E-state index in [4.69, 9.17) is 0 Å². The Bertz CT molecular complexity index is 456. The molecule has 0 radical (unpaired) electrons. The Hall–Kier alpha value is -1.84. The van der Waals surface area contributed by atoms with Gasteiger partial charge in [-0.15, -0.1) is 0 Å². The number of anilines is 1. The number of carbonyl (C=O) groups is 2. The molecule has 0 aliphatic carbocycles. The van der Waals surface area contributed by atoms with Crippen LogP contribution in [-0.4, -0.2) is 24.0 Å². The third-order valence-corrected chi connectivity index (χ3v) is 3.80. The molecule has 104 valence electrons. The van der Waals surface area contributed by atoms with Crippen molar-refractivity contribution < 1.29 is 14.7 Å². The zero-order valence-electron chi connectivity index (χ0n) is 11.9. The molecule has 0 spiro atoms. The molecule has 1 atom stereocenters. The predicted octanol–water partition coefficient (Wildman–Crippen LogP) is 2.79. The normalized spacial score (nSPS) is 13.9. The van der Waals surface area contributed by atoms with E-state index < -0.39 is 11.4 Å². The molecule has 0 saturated heterocycles. The van der Waals surface area contributed by atoms with Gasteiger partial charge in [0.15, 0.2) is 0 Å². The van der Waals surface area contributed by atoms with Gasteiger partial charge in [-0.05, 0) is 25.0 Å². The van der Waals surface area contributed by atoms with Gasteiger partial charge in [-0.3, -0.25) is 9.59 Å². The van der Waals surface area contributed by atoms with Gasteiger partial charge < -0.3 is 10.0 Å². The van der Waals surface area contributed by atoms with Crippen molar-refractivity contribution in [3.63, 3.8) is 0 Å². The number of carboxylic acids is 1. The minimum Gasteiger partial charge on any atom is -0.481 e. The summed E-state index contributed by atoms with van der Waals surface area (Å²) >= 11 is 0. The van der Waals surface area contributed by atoms with E-state index in [1.54, 1.807) is 14.0 Å².